The normalized spacial score (nSPS) is 20.1. The van der Waals surface area contributed by atoms with Crippen molar-refractivity contribution >= 4 is 24.0 Å². The lowest BCUT2D eigenvalue weighted by molar-refractivity contribution is -0.116. The second-order valence-electron chi connectivity index (χ2n) is 4.88. The third-order valence-electron chi connectivity index (χ3n) is 3.43. The van der Waals surface area contributed by atoms with E-state index in [-0.39, 0.29) is 18.3 Å². The van der Waals surface area contributed by atoms with Gasteiger partial charge in [-0.05, 0) is 31.5 Å². The highest BCUT2D eigenvalue weighted by Gasteiger charge is 2.20. The minimum atomic E-state index is 0. The average molecular weight is 299 g/mol. The zero-order valence-corrected chi connectivity index (χ0v) is 12.0. The maximum absolute atomic E-state index is 12.0. The van der Waals surface area contributed by atoms with Gasteiger partial charge in [0.15, 0.2) is 11.5 Å². The van der Waals surface area contributed by atoms with E-state index in [2.05, 4.69) is 10.6 Å². The molecule has 5 nitrogen and oxygen atoms in total. The predicted molar refractivity (Wildman–Crippen MR) is 79.0 cm³/mol. The highest BCUT2D eigenvalue weighted by Crippen LogP contribution is 2.37. The number of anilines is 1. The summed E-state index contributed by atoms with van der Waals surface area (Å²) in [4.78, 5) is 12.0. The Morgan fingerprint density at radius 3 is 3.00 bits per heavy atom. The lowest BCUT2D eigenvalue weighted by atomic mass is 10.1. The minimum absolute atomic E-state index is 0. The summed E-state index contributed by atoms with van der Waals surface area (Å²) in [6.07, 6.45) is 2.72. The number of para-hydroxylation sites is 1. The number of hydrogen-bond acceptors (Lipinski definition) is 4. The van der Waals surface area contributed by atoms with Gasteiger partial charge in [0.25, 0.3) is 0 Å². The zero-order chi connectivity index (χ0) is 13.1. The van der Waals surface area contributed by atoms with Gasteiger partial charge in [-0.1, -0.05) is 6.07 Å². The van der Waals surface area contributed by atoms with Crippen LogP contribution in [0.1, 0.15) is 19.3 Å². The summed E-state index contributed by atoms with van der Waals surface area (Å²) in [5.74, 6) is 1.35. The molecule has 1 unspecified atom stereocenters. The third kappa shape index (κ3) is 3.35. The average Bonchev–Trinajstić information content (AvgIpc) is 2.92. The number of fused-ring (bicyclic) bond motifs is 1. The van der Waals surface area contributed by atoms with Crippen molar-refractivity contribution in [1.29, 1.82) is 0 Å². The van der Waals surface area contributed by atoms with Gasteiger partial charge in [0.1, 0.15) is 13.2 Å². The van der Waals surface area contributed by atoms with E-state index in [0.717, 1.165) is 19.4 Å². The molecule has 0 bridgehead atoms. The summed E-state index contributed by atoms with van der Waals surface area (Å²) < 4.78 is 11.1. The van der Waals surface area contributed by atoms with Crippen LogP contribution in [0.25, 0.3) is 0 Å². The molecule has 1 aromatic carbocycles. The molecule has 1 atom stereocenters. The Labute approximate surface area is 124 Å². The molecular weight excluding hydrogens is 280 g/mol. The predicted octanol–water partition coefficient (Wildman–Crippen LogP) is 1.96. The second-order valence-corrected chi connectivity index (χ2v) is 4.88. The Kier molecular flexibility index (Phi) is 5.09. The number of amides is 1. The van der Waals surface area contributed by atoms with E-state index in [1.807, 2.05) is 18.2 Å². The largest absolute Gasteiger partial charge is 0.486 e. The SMILES string of the molecule is Cl.O=C(CC1CCCN1)Nc1cccc2c1OCCO2. The summed E-state index contributed by atoms with van der Waals surface area (Å²) in [6, 6.07) is 5.85. The van der Waals surface area contributed by atoms with Crippen molar-refractivity contribution < 1.29 is 14.3 Å². The number of halogens is 1. The van der Waals surface area contributed by atoms with Crippen molar-refractivity contribution in [2.75, 3.05) is 25.1 Å². The number of ether oxygens (including phenoxy) is 2. The van der Waals surface area contributed by atoms with Gasteiger partial charge in [-0.3, -0.25) is 4.79 Å². The number of nitrogens with one attached hydrogen (secondary N) is 2. The molecule has 110 valence electrons. The number of hydrogen-bond donors (Lipinski definition) is 2. The summed E-state index contributed by atoms with van der Waals surface area (Å²) in [6.45, 7) is 2.08. The van der Waals surface area contributed by atoms with E-state index in [9.17, 15) is 4.79 Å². The maximum atomic E-state index is 12.0. The van der Waals surface area contributed by atoms with E-state index in [4.69, 9.17) is 9.47 Å². The standard InChI is InChI=1S/C14H18N2O3.ClH/c17-13(9-10-3-2-6-15-10)16-11-4-1-5-12-14(11)19-8-7-18-12;/h1,4-5,10,15H,2-3,6-9H2,(H,16,17);1H. The molecule has 1 amide bonds. The lowest BCUT2D eigenvalue weighted by Crippen LogP contribution is -2.27. The Hall–Kier alpha value is -1.46. The Morgan fingerprint density at radius 2 is 2.20 bits per heavy atom. The molecule has 2 heterocycles. The summed E-state index contributed by atoms with van der Waals surface area (Å²) in [5.41, 5.74) is 0.695. The topological polar surface area (TPSA) is 59.6 Å². The molecule has 0 saturated carbocycles. The van der Waals surface area contributed by atoms with E-state index in [1.165, 1.54) is 0 Å². The van der Waals surface area contributed by atoms with Gasteiger partial charge >= 0.3 is 0 Å². The first-order valence-corrected chi connectivity index (χ1v) is 6.75. The molecular formula is C14H19ClN2O3. The smallest absolute Gasteiger partial charge is 0.226 e. The fraction of sp³-hybridized carbons (Fsp3) is 0.500. The van der Waals surface area contributed by atoms with Gasteiger partial charge in [0.05, 0.1) is 5.69 Å². The number of rotatable bonds is 3. The third-order valence-corrected chi connectivity index (χ3v) is 3.43. The van der Waals surface area contributed by atoms with Crippen LogP contribution in [-0.2, 0) is 4.79 Å². The molecule has 0 radical (unpaired) electrons. The highest BCUT2D eigenvalue weighted by molar-refractivity contribution is 5.93. The zero-order valence-electron chi connectivity index (χ0n) is 11.2. The second kappa shape index (κ2) is 6.81. The molecule has 6 heteroatoms. The first kappa shape index (κ1) is 14.9. The monoisotopic (exact) mass is 298 g/mol. The summed E-state index contributed by atoms with van der Waals surface area (Å²) in [5, 5.41) is 6.23. The van der Waals surface area contributed by atoms with Crippen LogP contribution in [-0.4, -0.2) is 31.7 Å². The van der Waals surface area contributed by atoms with Gasteiger partial charge in [-0.2, -0.15) is 0 Å². The van der Waals surface area contributed by atoms with Crippen molar-refractivity contribution in [3.8, 4) is 11.5 Å². The van der Waals surface area contributed by atoms with Gasteiger partial charge in [-0.15, -0.1) is 12.4 Å². The number of carbonyl (C=O) groups excluding carboxylic acids is 1. The quantitative estimate of drug-likeness (QED) is 0.895. The molecule has 0 aromatic heterocycles. The van der Waals surface area contributed by atoms with Crippen LogP contribution in [0.4, 0.5) is 5.69 Å². The fourth-order valence-corrected chi connectivity index (χ4v) is 2.53. The highest BCUT2D eigenvalue weighted by atomic mass is 35.5. The first-order valence-electron chi connectivity index (χ1n) is 6.75. The van der Waals surface area contributed by atoms with Crippen molar-refractivity contribution in [2.24, 2.45) is 0 Å². The molecule has 3 rings (SSSR count). The Balaban J connectivity index is 0.00000147. The first-order chi connectivity index (χ1) is 9.33. The molecule has 2 aliphatic heterocycles. The van der Waals surface area contributed by atoms with Crippen molar-refractivity contribution in [3.63, 3.8) is 0 Å². The van der Waals surface area contributed by atoms with Crippen LogP contribution in [0.5, 0.6) is 11.5 Å². The summed E-state index contributed by atoms with van der Waals surface area (Å²) >= 11 is 0. The van der Waals surface area contributed by atoms with Crippen molar-refractivity contribution in [2.45, 2.75) is 25.3 Å². The molecule has 2 N–H and O–H groups in total. The van der Waals surface area contributed by atoms with Crippen LogP contribution in [0.2, 0.25) is 0 Å². The van der Waals surface area contributed by atoms with Gasteiger partial charge in [0.2, 0.25) is 5.91 Å². The Bertz CT molecular complexity index is 475. The maximum Gasteiger partial charge on any atom is 0.226 e. The number of carbonyl (C=O) groups is 1. The van der Waals surface area contributed by atoms with Crippen molar-refractivity contribution in [1.82, 2.24) is 5.32 Å². The van der Waals surface area contributed by atoms with Crippen LogP contribution in [0.3, 0.4) is 0 Å². The van der Waals surface area contributed by atoms with E-state index in [0.29, 0.717) is 42.9 Å². The van der Waals surface area contributed by atoms with E-state index in [1.54, 1.807) is 0 Å². The number of benzene rings is 1. The lowest BCUT2D eigenvalue weighted by Gasteiger charge is -2.21. The van der Waals surface area contributed by atoms with Crippen LogP contribution >= 0.6 is 12.4 Å². The molecule has 20 heavy (non-hydrogen) atoms. The molecule has 1 fully saturated rings. The van der Waals surface area contributed by atoms with Crippen LogP contribution in [0.15, 0.2) is 18.2 Å². The van der Waals surface area contributed by atoms with Gasteiger partial charge < -0.3 is 20.1 Å². The van der Waals surface area contributed by atoms with E-state index >= 15 is 0 Å². The van der Waals surface area contributed by atoms with Crippen molar-refractivity contribution in [3.05, 3.63) is 18.2 Å². The van der Waals surface area contributed by atoms with Gasteiger partial charge in [-0.25, -0.2) is 0 Å². The fourth-order valence-electron chi connectivity index (χ4n) is 2.53. The molecule has 0 aliphatic carbocycles. The molecule has 2 aliphatic rings. The van der Waals surface area contributed by atoms with Gasteiger partial charge in [0, 0.05) is 12.5 Å². The van der Waals surface area contributed by atoms with Crippen LogP contribution in [0, 0.1) is 0 Å². The Morgan fingerprint density at radius 1 is 1.35 bits per heavy atom. The van der Waals surface area contributed by atoms with E-state index < -0.39 is 0 Å². The molecule has 0 spiro atoms. The minimum Gasteiger partial charge on any atom is -0.486 e. The summed E-state index contributed by atoms with van der Waals surface area (Å²) in [7, 11) is 0. The van der Waals surface area contributed by atoms with Crippen LogP contribution < -0.4 is 20.1 Å². The molecule has 1 saturated heterocycles. The molecule has 1 aromatic rings.